The summed E-state index contributed by atoms with van der Waals surface area (Å²) in [7, 11) is 4.11. The quantitative estimate of drug-likeness (QED) is 0.738. The van der Waals surface area contributed by atoms with Crippen LogP contribution in [0.25, 0.3) is 0 Å². The minimum absolute atomic E-state index is 0.388. The minimum Gasteiger partial charge on any atom is -0.378 e. The third-order valence-corrected chi connectivity index (χ3v) is 2.66. The van der Waals surface area contributed by atoms with E-state index in [1.165, 1.54) is 11.3 Å². The third-order valence-electron chi connectivity index (χ3n) is 2.66. The largest absolute Gasteiger partial charge is 0.378 e. The van der Waals surface area contributed by atoms with Crippen molar-refractivity contribution in [3.63, 3.8) is 0 Å². The van der Waals surface area contributed by atoms with E-state index < -0.39 is 0 Å². The average Bonchev–Trinajstić information content (AvgIpc) is 2.29. The second kappa shape index (κ2) is 6.33. The fourth-order valence-electron chi connectivity index (χ4n) is 1.76. The summed E-state index contributed by atoms with van der Waals surface area (Å²) in [5.41, 5.74) is 2.56. The number of nitrogens with zero attached hydrogens (tertiary/aromatic N) is 1. The van der Waals surface area contributed by atoms with Gasteiger partial charge in [0, 0.05) is 25.8 Å². The SMILES string of the molecule is C=CCC(NCC)c1ccc(N(C)C)cc1. The predicted molar refractivity (Wildman–Crippen MR) is 72.0 cm³/mol. The Labute approximate surface area is 99.0 Å². The zero-order valence-electron chi connectivity index (χ0n) is 10.5. The lowest BCUT2D eigenvalue weighted by Gasteiger charge is -2.18. The van der Waals surface area contributed by atoms with Crippen molar-refractivity contribution in [1.29, 1.82) is 0 Å². The summed E-state index contributed by atoms with van der Waals surface area (Å²) in [5, 5.41) is 3.46. The van der Waals surface area contributed by atoms with Gasteiger partial charge in [0.2, 0.25) is 0 Å². The molecule has 0 bridgehead atoms. The Morgan fingerprint density at radius 2 is 1.94 bits per heavy atom. The van der Waals surface area contributed by atoms with Crippen LogP contribution in [0.3, 0.4) is 0 Å². The summed E-state index contributed by atoms with van der Waals surface area (Å²) >= 11 is 0. The zero-order valence-corrected chi connectivity index (χ0v) is 10.5. The van der Waals surface area contributed by atoms with Crippen molar-refractivity contribution in [3.05, 3.63) is 42.5 Å². The van der Waals surface area contributed by atoms with Gasteiger partial charge in [-0.15, -0.1) is 6.58 Å². The van der Waals surface area contributed by atoms with E-state index in [4.69, 9.17) is 0 Å². The van der Waals surface area contributed by atoms with Crippen LogP contribution in [0.5, 0.6) is 0 Å². The Morgan fingerprint density at radius 1 is 1.31 bits per heavy atom. The molecule has 2 heteroatoms. The van der Waals surface area contributed by atoms with Crippen LogP contribution in [0.15, 0.2) is 36.9 Å². The van der Waals surface area contributed by atoms with Crippen LogP contribution in [0.4, 0.5) is 5.69 Å². The van der Waals surface area contributed by atoms with Crippen LogP contribution in [0.2, 0.25) is 0 Å². The molecule has 0 fully saturated rings. The van der Waals surface area contributed by atoms with Gasteiger partial charge >= 0.3 is 0 Å². The molecular weight excluding hydrogens is 196 g/mol. The van der Waals surface area contributed by atoms with Crippen molar-refractivity contribution in [2.75, 3.05) is 25.5 Å². The van der Waals surface area contributed by atoms with Gasteiger partial charge in [-0.2, -0.15) is 0 Å². The molecular formula is C14H22N2. The summed E-state index contributed by atoms with van der Waals surface area (Å²) < 4.78 is 0. The lowest BCUT2D eigenvalue weighted by molar-refractivity contribution is 0.559. The Kier molecular flexibility index (Phi) is 5.06. The number of hydrogen-bond donors (Lipinski definition) is 1. The van der Waals surface area contributed by atoms with Crippen molar-refractivity contribution < 1.29 is 0 Å². The molecule has 1 atom stereocenters. The fraction of sp³-hybridized carbons (Fsp3) is 0.429. The molecule has 0 aliphatic carbocycles. The van der Waals surface area contributed by atoms with E-state index in [-0.39, 0.29) is 0 Å². The van der Waals surface area contributed by atoms with E-state index in [1.807, 2.05) is 6.08 Å². The maximum absolute atomic E-state index is 3.81. The molecule has 88 valence electrons. The number of rotatable bonds is 6. The lowest BCUT2D eigenvalue weighted by atomic mass is 10.0. The van der Waals surface area contributed by atoms with Crippen molar-refractivity contribution in [2.24, 2.45) is 0 Å². The second-order valence-corrected chi connectivity index (χ2v) is 4.12. The number of hydrogen-bond acceptors (Lipinski definition) is 2. The third kappa shape index (κ3) is 3.38. The van der Waals surface area contributed by atoms with Crippen LogP contribution >= 0.6 is 0 Å². The smallest absolute Gasteiger partial charge is 0.0361 e. The first-order valence-electron chi connectivity index (χ1n) is 5.80. The number of anilines is 1. The highest BCUT2D eigenvalue weighted by Gasteiger charge is 2.07. The highest BCUT2D eigenvalue weighted by molar-refractivity contribution is 5.46. The first-order chi connectivity index (χ1) is 7.69. The Balaban J connectivity index is 2.80. The Bertz CT molecular complexity index is 314. The van der Waals surface area contributed by atoms with Gasteiger partial charge in [0.15, 0.2) is 0 Å². The summed E-state index contributed by atoms with van der Waals surface area (Å²) in [6.45, 7) is 6.92. The van der Waals surface area contributed by atoms with Crippen LogP contribution < -0.4 is 10.2 Å². The molecule has 16 heavy (non-hydrogen) atoms. The molecule has 1 N–H and O–H groups in total. The van der Waals surface area contributed by atoms with Gasteiger partial charge in [-0.1, -0.05) is 25.1 Å². The van der Waals surface area contributed by atoms with Gasteiger partial charge in [0.05, 0.1) is 0 Å². The van der Waals surface area contributed by atoms with Gasteiger partial charge in [-0.25, -0.2) is 0 Å². The summed E-state index contributed by atoms with van der Waals surface area (Å²) in [6.07, 6.45) is 2.93. The van der Waals surface area contributed by atoms with E-state index in [0.717, 1.165) is 13.0 Å². The van der Waals surface area contributed by atoms with Crippen molar-refractivity contribution in [1.82, 2.24) is 5.32 Å². The fourth-order valence-corrected chi connectivity index (χ4v) is 1.76. The molecule has 0 saturated carbocycles. The molecule has 1 rings (SSSR count). The predicted octanol–water partition coefficient (Wildman–Crippen LogP) is 2.98. The lowest BCUT2D eigenvalue weighted by Crippen LogP contribution is -2.20. The topological polar surface area (TPSA) is 15.3 Å². The van der Waals surface area contributed by atoms with Gasteiger partial charge in [0.25, 0.3) is 0 Å². The first-order valence-corrected chi connectivity index (χ1v) is 5.80. The normalized spacial score (nSPS) is 12.2. The molecule has 0 aromatic heterocycles. The molecule has 1 unspecified atom stereocenters. The maximum Gasteiger partial charge on any atom is 0.0361 e. The molecule has 1 aromatic carbocycles. The van der Waals surface area contributed by atoms with Crippen LogP contribution in [0.1, 0.15) is 24.9 Å². The molecule has 0 saturated heterocycles. The second-order valence-electron chi connectivity index (χ2n) is 4.12. The summed E-state index contributed by atoms with van der Waals surface area (Å²) in [6, 6.07) is 9.07. The van der Waals surface area contributed by atoms with E-state index >= 15 is 0 Å². The van der Waals surface area contributed by atoms with Gasteiger partial charge in [0.1, 0.15) is 0 Å². The number of nitrogens with one attached hydrogen (secondary N) is 1. The molecule has 0 heterocycles. The molecule has 2 nitrogen and oxygen atoms in total. The molecule has 0 radical (unpaired) electrons. The average molecular weight is 218 g/mol. The summed E-state index contributed by atoms with van der Waals surface area (Å²) in [5.74, 6) is 0. The molecule has 1 aromatic rings. The van der Waals surface area contributed by atoms with Gasteiger partial charge in [-0.3, -0.25) is 0 Å². The van der Waals surface area contributed by atoms with Crippen LogP contribution in [0, 0.1) is 0 Å². The Hall–Kier alpha value is -1.28. The van der Waals surface area contributed by atoms with E-state index in [1.54, 1.807) is 0 Å². The number of benzene rings is 1. The molecule has 0 spiro atoms. The molecule has 0 aliphatic heterocycles. The maximum atomic E-state index is 3.81. The Morgan fingerprint density at radius 3 is 2.38 bits per heavy atom. The molecule has 0 amide bonds. The van der Waals surface area contributed by atoms with Gasteiger partial charge in [-0.05, 0) is 30.7 Å². The van der Waals surface area contributed by atoms with E-state index in [9.17, 15) is 0 Å². The standard InChI is InChI=1S/C14H22N2/c1-5-7-14(15-6-2)12-8-10-13(11-9-12)16(3)4/h5,8-11,14-15H,1,6-7H2,2-4H3. The molecule has 0 aliphatic rings. The highest BCUT2D eigenvalue weighted by Crippen LogP contribution is 2.20. The van der Waals surface area contributed by atoms with Crippen molar-refractivity contribution in [2.45, 2.75) is 19.4 Å². The van der Waals surface area contributed by atoms with Gasteiger partial charge < -0.3 is 10.2 Å². The minimum atomic E-state index is 0.388. The van der Waals surface area contributed by atoms with E-state index in [0.29, 0.717) is 6.04 Å². The zero-order chi connectivity index (χ0) is 12.0. The van der Waals surface area contributed by atoms with Crippen molar-refractivity contribution in [3.8, 4) is 0 Å². The monoisotopic (exact) mass is 218 g/mol. The highest BCUT2D eigenvalue weighted by atomic mass is 15.1. The van der Waals surface area contributed by atoms with Crippen LogP contribution in [-0.2, 0) is 0 Å². The van der Waals surface area contributed by atoms with Crippen LogP contribution in [-0.4, -0.2) is 20.6 Å². The summed E-state index contributed by atoms with van der Waals surface area (Å²) in [4.78, 5) is 2.11. The first kappa shape index (κ1) is 12.8. The van der Waals surface area contributed by atoms with Crippen molar-refractivity contribution >= 4 is 5.69 Å². The van der Waals surface area contributed by atoms with E-state index in [2.05, 4.69) is 62.1 Å².